The van der Waals surface area contributed by atoms with Crippen LogP contribution >= 0.6 is 0 Å². The zero-order valence-corrected chi connectivity index (χ0v) is 15.1. The molecule has 3 aromatic rings. The van der Waals surface area contributed by atoms with Crippen LogP contribution in [-0.4, -0.2) is 40.6 Å². The van der Waals surface area contributed by atoms with Crippen LogP contribution in [0.1, 0.15) is 20.8 Å². The fourth-order valence-corrected chi connectivity index (χ4v) is 2.55. The third-order valence-electron chi connectivity index (χ3n) is 4.08. The molecular formula is C19H20O8. The predicted octanol–water partition coefficient (Wildman–Crippen LogP) is 1.98. The van der Waals surface area contributed by atoms with Crippen LogP contribution in [0.25, 0.3) is 21.9 Å². The number of furan rings is 1. The monoisotopic (exact) mass is 376 g/mol. The summed E-state index contributed by atoms with van der Waals surface area (Å²) in [6, 6.07) is 6.10. The van der Waals surface area contributed by atoms with Gasteiger partial charge in [0.05, 0.1) is 22.6 Å². The minimum Gasteiger partial charge on any atom is -0.488 e. The molecule has 0 saturated heterocycles. The summed E-state index contributed by atoms with van der Waals surface area (Å²) >= 11 is 0. The quantitative estimate of drug-likeness (QED) is 0.495. The standard InChI is InChI=1S/C19H20O8/c1-10(20)18(22)27-15(19(2,3)23)9-25-17-11-4-5-16(21)26-14(11)8-13-12(17)6-7-24-13/h4-8,10,15,20,23H,9H2,1-3H3. The number of carbonyl (C=O) groups is 1. The number of hydrogen-bond donors (Lipinski definition) is 2. The number of hydrogen-bond acceptors (Lipinski definition) is 8. The van der Waals surface area contributed by atoms with Crippen LogP contribution in [0.2, 0.25) is 0 Å². The van der Waals surface area contributed by atoms with Crippen LogP contribution in [0.3, 0.4) is 0 Å². The number of aliphatic hydroxyl groups excluding tert-OH is 1. The van der Waals surface area contributed by atoms with Gasteiger partial charge in [0.2, 0.25) is 0 Å². The van der Waals surface area contributed by atoms with Gasteiger partial charge in [-0.05, 0) is 32.9 Å². The highest BCUT2D eigenvalue weighted by atomic mass is 16.6. The van der Waals surface area contributed by atoms with E-state index in [4.69, 9.17) is 18.3 Å². The topological polar surface area (TPSA) is 119 Å². The van der Waals surface area contributed by atoms with Crippen molar-refractivity contribution in [1.82, 2.24) is 0 Å². The van der Waals surface area contributed by atoms with Crippen molar-refractivity contribution in [2.75, 3.05) is 6.61 Å². The molecule has 0 aliphatic carbocycles. The van der Waals surface area contributed by atoms with Gasteiger partial charge in [-0.25, -0.2) is 9.59 Å². The molecule has 0 bridgehead atoms. The fraction of sp³-hybridized carbons (Fsp3) is 0.368. The molecule has 2 unspecified atom stereocenters. The molecule has 8 heteroatoms. The Morgan fingerprint density at radius 1 is 1.22 bits per heavy atom. The van der Waals surface area contributed by atoms with Gasteiger partial charge in [-0.3, -0.25) is 0 Å². The maximum Gasteiger partial charge on any atom is 0.336 e. The van der Waals surface area contributed by atoms with E-state index in [0.29, 0.717) is 22.1 Å². The molecule has 2 heterocycles. The van der Waals surface area contributed by atoms with Crippen molar-refractivity contribution in [2.24, 2.45) is 0 Å². The van der Waals surface area contributed by atoms with Crippen molar-refractivity contribution in [3.05, 3.63) is 40.9 Å². The molecule has 0 aliphatic heterocycles. The van der Waals surface area contributed by atoms with Crippen molar-refractivity contribution in [1.29, 1.82) is 0 Å². The van der Waals surface area contributed by atoms with E-state index in [2.05, 4.69) is 0 Å². The van der Waals surface area contributed by atoms with Gasteiger partial charge in [-0.1, -0.05) is 0 Å². The van der Waals surface area contributed by atoms with E-state index in [1.807, 2.05) is 0 Å². The Morgan fingerprint density at radius 2 is 1.93 bits per heavy atom. The van der Waals surface area contributed by atoms with E-state index in [-0.39, 0.29) is 12.2 Å². The Morgan fingerprint density at radius 3 is 2.59 bits per heavy atom. The number of aliphatic hydroxyl groups is 2. The van der Waals surface area contributed by atoms with Crippen molar-refractivity contribution in [3.63, 3.8) is 0 Å². The van der Waals surface area contributed by atoms with Crippen molar-refractivity contribution >= 4 is 27.9 Å². The second-order valence-corrected chi connectivity index (χ2v) is 6.77. The SMILES string of the molecule is CC(O)C(=O)OC(COc1c2ccoc2cc2oc(=O)ccc12)C(C)(C)O. The molecule has 0 amide bonds. The van der Waals surface area contributed by atoms with Gasteiger partial charge in [-0.2, -0.15) is 0 Å². The maximum absolute atomic E-state index is 11.7. The lowest BCUT2D eigenvalue weighted by Gasteiger charge is -2.29. The van der Waals surface area contributed by atoms with Crippen LogP contribution in [0.5, 0.6) is 5.75 Å². The van der Waals surface area contributed by atoms with E-state index in [1.165, 1.54) is 33.1 Å². The van der Waals surface area contributed by atoms with Gasteiger partial charge in [0.1, 0.15) is 29.6 Å². The normalized spacial score (nSPS) is 14.3. The Hall–Kier alpha value is -2.84. The molecule has 2 atom stereocenters. The molecule has 2 N–H and O–H groups in total. The summed E-state index contributed by atoms with van der Waals surface area (Å²) < 4.78 is 21.6. The van der Waals surface area contributed by atoms with Crippen LogP contribution in [0, 0.1) is 0 Å². The van der Waals surface area contributed by atoms with Gasteiger partial charge in [0.15, 0.2) is 6.10 Å². The summed E-state index contributed by atoms with van der Waals surface area (Å²) in [4.78, 5) is 23.2. The molecule has 2 aromatic heterocycles. The van der Waals surface area contributed by atoms with E-state index in [9.17, 15) is 19.8 Å². The smallest absolute Gasteiger partial charge is 0.336 e. The number of benzene rings is 1. The van der Waals surface area contributed by atoms with E-state index >= 15 is 0 Å². The second-order valence-electron chi connectivity index (χ2n) is 6.77. The molecule has 0 saturated carbocycles. The average molecular weight is 376 g/mol. The largest absolute Gasteiger partial charge is 0.488 e. The Bertz CT molecular complexity index is 1020. The Labute approximate surface area is 153 Å². The van der Waals surface area contributed by atoms with Gasteiger partial charge < -0.3 is 28.5 Å². The third-order valence-corrected chi connectivity index (χ3v) is 4.08. The number of rotatable bonds is 6. The summed E-state index contributed by atoms with van der Waals surface area (Å²) in [6.45, 7) is 4.00. The molecule has 0 aliphatic rings. The molecular weight excluding hydrogens is 356 g/mol. The van der Waals surface area contributed by atoms with Gasteiger partial charge in [0, 0.05) is 12.1 Å². The zero-order valence-electron chi connectivity index (χ0n) is 15.1. The summed E-state index contributed by atoms with van der Waals surface area (Å²) in [5, 5.41) is 20.8. The molecule has 0 spiro atoms. The van der Waals surface area contributed by atoms with E-state index in [0.717, 1.165) is 0 Å². The fourth-order valence-electron chi connectivity index (χ4n) is 2.55. The minimum absolute atomic E-state index is 0.194. The molecule has 0 fully saturated rings. The lowest BCUT2D eigenvalue weighted by atomic mass is 10.0. The molecule has 1 aromatic carbocycles. The second kappa shape index (κ2) is 7.05. The zero-order chi connectivity index (χ0) is 19.8. The van der Waals surface area contributed by atoms with Gasteiger partial charge in [-0.15, -0.1) is 0 Å². The molecule has 27 heavy (non-hydrogen) atoms. The van der Waals surface area contributed by atoms with Crippen LogP contribution in [-0.2, 0) is 9.53 Å². The highest BCUT2D eigenvalue weighted by molar-refractivity contribution is 6.01. The van der Waals surface area contributed by atoms with Crippen molar-refractivity contribution in [3.8, 4) is 5.75 Å². The summed E-state index contributed by atoms with van der Waals surface area (Å²) in [5.41, 5.74) is -1.20. The van der Waals surface area contributed by atoms with E-state index in [1.54, 1.807) is 18.2 Å². The lowest BCUT2D eigenvalue weighted by Crippen LogP contribution is -2.45. The number of ether oxygens (including phenoxy) is 2. The third kappa shape index (κ3) is 3.96. The van der Waals surface area contributed by atoms with Crippen LogP contribution in [0.4, 0.5) is 0 Å². The molecule has 3 rings (SSSR count). The van der Waals surface area contributed by atoms with Crippen molar-refractivity contribution < 1.29 is 33.3 Å². The highest BCUT2D eigenvalue weighted by Crippen LogP contribution is 2.35. The number of carbonyl (C=O) groups excluding carboxylic acids is 1. The first kappa shape index (κ1) is 18.9. The first-order valence-electron chi connectivity index (χ1n) is 8.34. The first-order valence-corrected chi connectivity index (χ1v) is 8.34. The Kier molecular flexibility index (Phi) is 4.95. The summed E-state index contributed by atoms with van der Waals surface area (Å²) in [5.74, 6) is -0.509. The van der Waals surface area contributed by atoms with Gasteiger partial charge in [0.25, 0.3) is 0 Å². The van der Waals surface area contributed by atoms with Crippen LogP contribution in [0.15, 0.2) is 44.2 Å². The van der Waals surface area contributed by atoms with Gasteiger partial charge >= 0.3 is 11.6 Å². The highest BCUT2D eigenvalue weighted by Gasteiger charge is 2.33. The maximum atomic E-state index is 11.7. The molecule has 0 radical (unpaired) electrons. The Balaban J connectivity index is 1.97. The first-order chi connectivity index (χ1) is 12.7. The summed E-state index contributed by atoms with van der Waals surface area (Å²) in [7, 11) is 0. The minimum atomic E-state index is -1.42. The predicted molar refractivity (Wildman–Crippen MR) is 95.6 cm³/mol. The van der Waals surface area contributed by atoms with Crippen LogP contribution < -0.4 is 10.4 Å². The van der Waals surface area contributed by atoms with E-state index < -0.39 is 29.4 Å². The number of fused-ring (bicyclic) bond motifs is 2. The summed E-state index contributed by atoms with van der Waals surface area (Å²) in [6.07, 6.45) is -0.912. The molecule has 8 nitrogen and oxygen atoms in total. The lowest BCUT2D eigenvalue weighted by molar-refractivity contribution is -0.173. The number of esters is 1. The average Bonchev–Trinajstić information content (AvgIpc) is 3.03. The van der Waals surface area contributed by atoms with Crippen molar-refractivity contribution in [2.45, 2.75) is 38.6 Å². The molecule has 144 valence electrons.